The van der Waals surface area contributed by atoms with Gasteiger partial charge < -0.3 is 24.4 Å². The number of para-hydroxylation sites is 1. The number of pyridine rings is 1. The largest absolute Gasteiger partial charge is 0.488 e. The highest BCUT2D eigenvalue weighted by atomic mass is 32.2. The first kappa shape index (κ1) is 27.1. The van der Waals surface area contributed by atoms with E-state index in [1.165, 1.54) is 7.11 Å². The van der Waals surface area contributed by atoms with Gasteiger partial charge in [-0.05, 0) is 79.4 Å². The number of aromatic nitrogens is 1. The summed E-state index contributed by atoms with van der Waals surface area (Å²) in [4.78, 5) is 19.9. The molecule has 6 rings (SSSR count). The number of fused-ring (bicyclic) bond motifs is 2. The van der Waals surface area contributed by atoms with Gasteiger partial charge in [0.2, 0.25) is 0 Å². The molecule has 0 spiro atoms. The molecule has 210 valence electrons. The van der Waals surface area contributed by atoms with Crippen molar-refractivity contribution in [1.82, 2.24) is 10.3 Å². The third kappa shape index (κ3) is 4.74. The number of rotatable bonds is 8. The summed E-state index contributed by atoms with van der Waals surface area (Å²) in [6.07, 6.45) is 1.51. The van der Waals surface area contributed by atoms with E-state index in [1.807, 2.05) is 43.3 Å². The number of thioether (sulfide) groups is 1. The van der Waals surface area contributed by atoms with Crippen molar-refractivity contribution in [3.63, 3.8) is 0 Å². The van der Waals surface area contributed by atoms with Crippen molar-refractivity contribution in [3.05, 3.63) is 76.6 Å². The fourth-order valence-electron chi connectivity index (χ4n) is 6.14. The van der Waals surface area contributed by atoms with Crippen LogP contribution >= 0.6 is 11.8 Å². The normalized spacial score (nSPS) is 23.2. The zero-order valence-corrected chi connectivity index (χ0v) is 23.9. The summed E-state index contributed by atoms with van der Waals surface area (Å²) in [6, 6.07) is 15.4. The highest BCUT2D eigenvalue weighted by Gasteiger charge is 2.73. The lowest BCUT2D eigenvalue weighted by atomic mass is 9.99. The number of hydrogen-bond acceptors (Lipinski definition) is 8. The lowest BCUT2D eigenvalue weighted by Crippen LogP contribution is -2.47. The molecule has 2 aromatic carbocycles. The standard InChI is InChI=1S/C31H34FN3O4S/c1-19-6-4-7-23(29(19)39-17-20-14-21-10-12-33-13-11-22(21)24(32)15-20)25-8-5-9-28(34-25)35-16-27-31(40-27,30(36)38-3)26(35)18-37-2/h4-9,14-15,26-27,33H,10-13,16-18H2,1-3H3/t26-,27+,31-/m1/s1. The summed E-state index contributed by atoms with van der Waals surface area (Å²) in [5.74, 6) is 1.15. The number of benzene rings is 2. The molecule has 3 atom stereocenters. The molecule has 0 radical (unpaired) electrons. The smallest absolute Gasteiger partial charge is 0.325 e. The van der Waals surface area contributed by atoms with Crippen LogP contribution in [0.1, 0.15) is 22.3 Å². The third-order valence-electron chi connectivity index (χ3n) is 8.19. The van der Waals surface area contributed by atoms with E-state index in [1.54, 1.807) is 24.9 Å². The third-order valence-corrected chi connectivity index (χ3v) is 9.86. The zero-order chi connectivity index (χ0) is 27.9. The number of nitrogens with one attached hydrogen (secondary N) is 1. The Bertz CT molecular complexity index is 1440. The number of anilines is 1. The fourth-order valence-corrected chi connectivity index (χ4v) is 7.64. The van der Waals surface area contributed by atoms with Gasteiger partial charge in [-0.2, -0.15) is 0 Å². The predicted octanol–water partition coefficient (Wildman–Crippen LogP) is 4.33. The molecule has 0 aliphatic carbocycles. The van der Waals surface area contributed by atoms with Crippen molar-refractivity contribution in [2.45, 2.75) is 42.4 Å². The Hall–Kier alpha value is -3.14. The van der Waals surface area contributed by atoms with E-state index in [0.29, 0.717) is 19.6 Å². The van der Waals surface area contributed by atoms with Gasteiger partial charge in [0.1, 0.15) is 28.7 Å². The predicted molar refractivity (Wildman–Crippen MR) is 155 cm³/mol. The second kappa shape index (κ2) is 11.0. The number of hydrogen-bond donors (Lipinski definition) is 1. The maximum atomic E-state index is 14.9. The number of halogens is 1. The second-order valence-electron chi connectivity index (χ2n) is 10.6. The van der Waals surface area contributed by atoms with Gasteiger partial charge >= 0.3 is 5.97 Å². The Morgan fingerprint density at radius 1 is 1.18 bits per heavy atom. The number of nitrogens with zero attached hydrogens (tertiary/aromatic N) is 2. The molecule has 7 nitrogen and oxygen atoms in total. The number of carbonyl (C=O) groups excluding carboxylic acids is 1. The fraction of sp³-hybridized carbons (Fsp3) is 0.419. The number of aryl methyl sites for hydroxylation is 1. The van der Waals surface area contributed by atoms with Crippen LogP contribution in [-0.2, 0) is 33.7 Å². The maximum absolute atomic E-state index is 14.9. The van der Waals surface area contributed by atoms with Crippen LogP contribution in [0.5, 0.6) is 5.75 Å². The van der Waals surface area contributed by atoms with Crippen molar-refractivity contribution in [2.75, 3.05) is 45.4 Å². The molecule has 0 amide bonds. The molecule has 9 heteroatoms. The van der Waals surface area contributed by atoms with Crippen LogP contribution in [0.15, 0.2) is 48.5 Å². The van der Waals surface area contributed by atoms with E-state index in [4.69, 9.17) is 19.2 Å². The minimum Gasteiger partial charge on any atom is -0.488 e. The maximum Gasteiger partial charge on any atom is 0.325 e. The second-order valence-corrected chi connectivity index (χ2v) is 12.1. The van der Waals surface area contributed by atoms with Gasteiger partial charge in [0, 0.05) is 19.2 Å². The molecule has 3 aliphatic heterocycles. The quantitative estimate of drug-likeness (QED) is 0.321. The van der Waals surface area contributed by atoms with Crippen LogP contribution in [0, 0.1) is 12.7 Å². The first-order valence-corrected chi connectivity index (χ1v) is 14.6. The number of ether oxygens (including phenoxy) is 3. The van der Waals surface area contributed by atoms with Gasteiger partial charge in [-0.25, -0.2) is 9.37 Å². The van der Waals surface area contributed by atoms with E-state index in [9.17, 15) is 9.18 Å². The molecule has 3 aliphatic rings. The van der Waals surface area contributed by atoms with Gasteiger partial charge in [0.15, 0.2) is 0 Å². The lowest BCUT2D eigenvalue weighted by molar-refractivity contribution is -0.142. The van der Waals surface area contributed by atoms with Gasteiger partial charge in [-0.1, -0.05) is 24.3 Å². The van der Waals surface area contributed by atoms with E-state index < -0.39 is 4.75 Å². The summed E-state index contributed by atoms with van der Waals surface area (Å²) in [7, 11) is 3.09. The van der Waals surface area contributed by atoms with Crippen LogP contribution in [0.25, 0.3) is 11.3 Å². The topological polar surface area (TPSA) is 72.9 Å². The van der Waals surface area contributed by atoms with Crippen molar-refractivity contribution in [2.24, 2.45) is 0 Å². The van der Waals surface area contributed by atoms with Gasteiger partial charge in [0.05, 0.1) is 30.7 Å². The molecule has 4 heterocycles. The first-order valence-electron chi connectivity index (χ1n) is 13.7. The van der Waals surface area contributed by atoms with E-state index in [-0.39, 0.29) is 29.7 Å². The van der Waals surface area contributed by atoms with Crippen LogP contribution < -0.4 is 15.0 Å². The molecular weight excluding hydrogens is 529 g/mol. The molecule has 1 aromatic heterocycles. The van der Waals surface area contributed by atoms with E-state index in [0.717, 1.165) is 64.6 Å². The molecule has 40 heavy (non-hydrogen) atoms. The number of carbonyl (C=O) groups is 1. The summed E-state index contributed by atoms with van der Waals surface area (Å²) >= 11 is 1.65. The average Bonchev–Trinajstić information content (AvgIpc) is 3.67. The summed E-state index contributed by atoms with van der Waals surface area (Å²) < 4.78 is 31.4. The Morgan fingerprint density at radius 3 is 2.83 bits per heavy atom. The number of esters is 1. The minimum atomic E-state index is -0.612. The van der Waals surface area contributed by atoms with Gasteiger partial charge in [0.25, 0.3) is 0 Å². The van der Waals surface area contributed by atoms with Crippen LogP contribution in [-0.4, -0.2) is 67.5 Å². The van der Waals surface area contributed by atoms with Crippen molar-refractivity contribution < 1.29 is 23.4 Å². The molecule has 0 bridgehead atoms. The molecule has 2 saturated heterocycles. The highest BCUT2D eigenvalue weighted by Crippen LogP contribution is 2.62. The molecule has 1 N–H and O–H groups in total. The monoisotopic (exact) mass is 563 g/mol. The van der Waals surface area contributed by atoms with Crippen LogP contribution in [0.2, 0.25) is 0 Å². The zero-order valence-electron chi connectivity index (χ0n) is 23.0. The molecule has 0 saturated carbocycles. The Kier molecular flexibility index (Phi) is 7.46. The Labute approximate surface area is 238 Å². The average molecular weight is 564 g/mol. The molecular formula is C31H34FN3O4S. The summed E-state index contributed by atoms with van der Waals surface area (Å²) in [6.45, 7) is 5.01. The SMILES string of the molecule is COC[C@H]1N(c2cccc(-c3cccc(C)c3OCc3cc(F)c4c(c3)CCNCC4)n2)C[C@@H]2S[C@@]21C(=O)OC. The van der Waals surface area contributed by atoms with E-state index in [2.05, 4.69) is 16.3 Å². The highest BCUT2D eigenvalue weighted by molar-refractivity contribution is 8.09. The Balaban J connectivity index is 1.27. The van der Waals surface area contributed by atoms with Gasteiger partial charge in [-0.3, -0.25) is 4.79 Å². The lowest BCUT2D eigenvalue weighted by Gasteiger charge is -2.31. The summed E-state index contributed by atoms with van der Waals surface area (Å²) in [5.41, 5.74) is 5.30. The van der Waals surface area contributed by atoms with Crippen molar-refractivity contribution >= 4 is 23.5 Å². The molecule has 3 aromatic rings. The number of methoxy groups -OCH3 is 2. The first-order chi connectivity index (χ1) is 19.5. The molecule has 0 unspecified atom stereocenters. The van der Waals surface area contributed by atoms with Gasteiger partial charge in [-0.15, -0.1) is 11.8 Å². The van der Waals surface area contributed by atoms with Crippen LogP contribution in [0.4, 0.5) is 10.2 Å². The summed E-state index contributed by atoms with van der Waals surface area (Å²) in [5, 5.41) is 3.50. The molecule has 2 fully saturated rings. The van der Waals surface area contributed by atoms with Crippen molar-refractivity contribution in [1.29, 1.82) is 0 Å². The Morgan fingerprint density at radius 2 is 2.00 bits per heavy atom. The van der Waals surface area contributed by atoms with E-state index >= 15 is 0 Å². The van der Waals surface area contributed by atoms with Crippen LogP contribution in [0.3, 0.4) is 0 Å². The minimum absolute atomic E-state index is 0.153. The van der Waals surface area contributed by atoms with Crippen molar-refractivity contribution in [3.8, 4) is 17.0 Å².